The Labute approximate surface area is 149 Å². The van der Waals surface area contributed by atoms with E-state index < -0.39 is 18.5 Å². The van der Waals surface area contributed by atoms with Gasteiger partial charge in [0.2, 0.25) is 0 Å². The number of amides is 1. The molecule has 26 heavy (non-hydrogen) atoms. The Kier molecular flexibility index (Phi) is 4.78. The first-order chi connectivity index (χ1) is 12.4. The average molecular weight is 355 g/mol. The Morgan fingerprint density at radius 3 is 2.54 bits per heavy atom. The monoisotopic (exact) mass is 355 g/mol. The van der Waals surface area contributed by atoms with Gasteiger partial charge in [-0.1, -0.05) is 0 Å². The lowest BCUT2D eigenvalue weighted by molar-refractivity contribution is -0.119. The van der Waals surface area contributed by atoms with Crippen molar-refractivity contribution in [2.24, 2.45) is 0 Å². The second-order valence-electron chi connectivity index (χ2n) is 5.67. The van der Waals surface area contributed by atoms with E-state index in [-0.39, 0.29) is 5.56 Å². The Balaban J connectivity index is 1.72. The number of hydrogen-bond acceptors (Lipinski definition) is 7. The molecule has 134 valence electrons. The molecule has 0 unspecified atom stereocenters. The number of rotatable bonds is 5. The number of anilines is 1. The van der Waals surface area contributed by atoms with E-state index in [9.17, 15) is 9.59 Å². The van der Waals surface area contributed by atoms with Gasteiger partial charge in [-0.05, 0) is 32.9 Å². The molecule has 0 aromatic carbocycles. The van der Waals surface area contributed by atoms with Crippen molar-refractivity contribution in [1.82, 2.24) is 19.7 Å². The van der Waals surface area contributed by atoms with Crippen molar-refractivity contribution in [2.75, 3.05) is 11.9 Å². The number of aromatic nitrogens is 4. The van der Waals surface area contributed by atoms with Gasteiger partial charge in [0.25, 0.3) is 11.9 Å². The lowest BCUT2D eigenvalue weighted by atomic mass is 10.3. The van der Waals surface area contributed by atoms with Crippen LogP contribution in [0, 0.1) is 20.8 Å². The Hall–Kier alpha value is -3.49. The molecule has 0 aliphatic heterocycles. The van der Waals surface area contributed by atoms with E-state index in [1.165, 1.54) is 23.3 Å². The van der Waals surface area contributed by atoms with Gasteiger partial charge in [0, 0.05) is 17.5 Å². The molecule has 0 aliphatic carbocycles. The minimum Gasteiger partial charge on any atom is -0.472 e. The van der Waals surface area contributed by atoms with Crippen LogP contribution in [0.1, 0.15) is 27.4 Å². The van der Waals surface area contributed by atoms with Crippen LogP contribution in [0.3, 0.4) is 0 Å². The second-order valence-corrected chi connectivity index (χ2v) is 5.67. The molecule has 0 radical (unpaired) electrons. The van der Waals surface area contributed by atoms with E-state index in [0.29, 0.717) is 17.5 Å². The lowest BCUT2D eigenvalue weighted by Crippen LogP contribution is -2.22. The molecule has 1 amide bonds. The highest BCUT2D eigenvalue weighted by molar-refractivity contribution is 5.95. The molecule has 0 saturated heterocycles. The van der Waals surface area contributed by atoms with Crippen molar-refractivity contribution >= 4 is 17.7 Å². The number of ether oxygens (including phenoxy) is 1. The van der Waals surface area contributed by atoms with Gasteiger partial charge in [0.05, 0.1) is 17.5 Å². The van der Waals surface area contributed by atoms with Crippen LogP contribution in [0.15, 0.2) is 35.1 Å². The smallest absolute Gasteiger partial charge is 0.341 e. The van der Waals surface area contributed by atoms with Crippen LogP contribution in [-0.2, 0) is 9.53 Å². The molecule has 0 saturated carbocycles. The zero-order valence-corrected chi connectivity index (χ0v) is 14.5. The molecule has 3 heterocycles. The van der Waals surface area contributed by atoms with Crippen LogP contribution in [0.4, 0.5) is 5.82 Å². The zero-order chi connectivity index (χ0) is 18.7. The highest BCUT2D eigenvalue weighted by atomic mass is 16.5. The fraction of sp³-hybridized carbons (Fsp3) is 0.235. The van der Waals surface area contributed by atoms with Gasteiger partial charge in [-0.2, -0.15) is 9.78 Å². The molecule has 0 aliphatic rings. The van der Waals surface area contributed by atoms with Crippen molar-refractivity contribution in [3.63, 3.8) is 0 Å². The summed E-state index contributed by atoms with van der Waals surface area (Å²) < 4.78 is 11.2. The number of furan rings is 1. The maximum absolute atomic E-state index is 12.1. The van der Waals surface area contributed by atoms with Gasteiger partial charge >= 0.3 is 5.97 Å². The molecule has 1 N–H and O–H groups in total. The zero-order valence-electron chi connectivity index (χ0n) is 14.5. The van der Waals surface area contributed by atoms with Gasteiger partial charge in [0.1, 0.15) is 12.1 Å². The van der Waals surface area contributed by atoms with E-state index in [0.717, 1.165) is 11.4 Å². The highest BCUT2D eigenvalue weighted by Crippen LogP contribution is 2.15. The van der Waals surface area contributed by atoms with Gasteiger partial charge in [-0.25, -0.2) is 14.8 Å². The minimum absolute atomic E-state index is 0.238. The number of aryl methyl sites for hydroxylation is 3. The number of nitrogens with zero attached hydrogens (tertiary/aromatic N) is 4. The second kappa shape index (κ2) is 7.18. The van der Waals surface area contributed by atoms with Gasteiger partial charge in [-0.3, -0.25) is 4.79 Å². The fourth-order valence-corrected chi connectivity index (χ4v) is 2.32. The molecule has 0 bridgehead atoms. The summed E-state index contributed by atoms with van der Waals surface area (Å²) in [7, 11) is 0. The highest BCUT2D eigenvalue weighted by Gasteiger charge is 2.16. The molecular formula is C17H17N5O4. The molecule has 0 spiro atoms. The van der Waals surface area contributed by atoms with Crippen LogP contribution in [0.25, 0.3) is 5.95 Å². The predicted octanol–water partition coefficient (Wildman–Crippen LogP) is 1.98. The third kappa shape index (κ3) is 3.94. The minimum atomic E-state index is -0.642. The van der Waals surface area contributed by atoms with Gasteiger partial charge < -0.3 is 14.5 Å². The van der Waals surface area contributed by atoms with Crippen molar-refractivity contribution in [3.8, 4) is 5.95 Å². The average Bonchev–Trinajstić information content (AvgIpc) is 3.21. The molecule has 0 fully saturated rings. The van der Waals surface area contributed by atoms with Crippen molar-refractivity contribution < 1.29 is 18.7 Å². The number of hydrogen-bond donors (Lipinski definition) is 1. The van der Waals surface area contributed by atoms with Crippen LogP contribution in [0.2, 0.25) is 0 Å². The van der Waals surface area contributed by atoms with E-state index in [1.807, 2.05) is 19.9 Å². The van der Waals surface area contributed by atoms with Gasteiger partial charge in [0.15, 0.2) is 6.61 Å². The van der Waals surface area contributed by atoms with Gasteiger partial charge in [-0.15, -0.1) is 0 Å². The Morgan fingerprint density at radius 1 is 1.15 bits per heavy atom. The largest absolute Gasteiger partial charge is 0.472 e. The van der Waals surface area contributed by atoms with Crippen molar-refractivity contribution in [1.29, 1.82) is 0 Å². The molecule has 9 heteroatoms. The van der Waals surface area contributed by atoms with E-state index in [4.69, 9.17) is 9.15 Å². The van der Waals surface area contributed by atoms with E-state index in [2.05, 4.69) is 20.4 Å². The molecule has 3 aromatic rings. The number of nitrogens with one attached hydrogen (secondary N) is 1. The Morgan fingerprint density at radius 2 is 1.88 bits per heavy atom. The Bertz CT molecular complexity index is 926. The van der Waals surface area contributed by atoms with E-state index >= 15 is 0 Å². The summed E-state index contributed by atoms with van der Waals surface area (Å²) in [6.45, 7) is 5.04. The quantitative estimate of drug-likeness (QED) is 0.696. The SMILES string of the molecule is Cc1cc(C)nc(-n2nc(C)cc2NC(=O)COC(=O)c2ccoc2)n1. The van der Waals surface area contributed by atoms with Crippen LogP contribution in [0.5, 0.6) is 0 Å². The summed E-state index contributed by atoms with van der Waals surface area (Å²) in [5, 5.41) is 6.96. The summed E-state index contributed by atoms with van der Waals surface area (Å²) in [5.74, 6) is -0.415. The maximum Gasteiger partial charge on any atom is 0.341 e. The summed E-state index contributed by atoms with van der Waals surface area (Å²) in [5.41, 5.74) is 2.49. The normalized spacial score (nSPS) is 10.6. The molecule has 3 aromatic heterocycles. The first kappa shape index (κ1) is 17.3. The predicted molar refractivity (Wildman–Crippen MR) is 91.0 cm³/mol. The molecule has 3 rings (SSSR count). The summed E-state index contributed by atoms with van der Waals surface area (Å²) in [6.07, 6.45) is 2.60. The first-order valence-electron chi connectivity index (χ1n) is 7.81. The lowest BCUT2D eigenvalue weighted by Gasteiger charge is -2.09. The number of carbonyl (C=O) groups excluding carboxylic acids is 2. The topological polar surface area (TPSA) is 112 Å². The third-order valence-electron chi connectivity index (χ3n) is 3.35. The standard InChI is InChI=1S/C17H17N5O4/c1-10-6-11(2)19-17(18-10)22-14(7-12(3)21-22)20-15(23)9-26-16(24)13-4-5-25-8-13/h4-8H,9H2,1-3H3,(H,20,23). The summed E-state index contributed by atoms with van der Waals surface area (Å²) in [6, 6.07) is 4.97. The first-order valence-corrected chi connectivity index (χ1v) is 7.81. The molecule has 0 atom stereocenters. The molecular weight excluding hydrogens is 338 g/mol. The third-order valence-corrected chi connectivity index (χ3v) is 3.35. The van der Waals surface area contributed by atoms with Crippen LogP contribution >= 0.6 is 0 Å². The van der Waals surface area contributed by atoms with E-state index in [1.54, 1.807) is 13.0 Å². The summed E-state index contributed by atoms with van der Waals surface area (Å²) >= 11 is 0. The number of carbonyl (C=O) groups is 2. The molecule has 9 nitrogen and oxygen atoms in total. The van der Waals surface area contributed by atoms with Crippen molar-refractivity contribution in [2.45, 2.75) is 20.8 Å². The summed E-state index contributed by atoms with van der Waals surface area (Å²) in [4.78, 5) is 32.5. The fourth-order valence-electron chi connectivity index (χ4n) is 2.32. The maximum atomic E-state index is 12.1. The number of esters is 1. The van der Waals surface area contributed by atoms with Crippen molar-refractivity contribution in [3.05, 3.63) is 53.4 Å². The van der Waals surface area contributed by atoms with Crippen LogP contribution in [-0.4, -0.2) is 38.2 Å². The van der Waals surface area contributed by atoms with Crippen LogP contribution < -0.4 is 5.32 Å².